The highest BCUT2D eigenvalue weighted by Gasteiger charge is 2.31. The quantitative estimate of drug-likeness (QED) is 0.300. The van der Waals surface area contributed by atoms with Gasteiger partial charge in [-0.05, 0) is 82.6 Å². The number of rotatable bonds is 8. The summed E-state index contributed by atoms with van der Waals surface area (Å²) in [5.74, 6) is -0.690. The number of aromatic nitrogens is 2. The summed E-state index contributed by atoms with van der Waals surface area (Å²) in [4.78, 5) is 30.4. The fourth-order valence-corrected chi connectivity index (χ4v) is 8.12. The van der Waals surface area contributed by atoms with Crippen LogP contribution in [-0.2, 0) is 29.5 Å². The predicted molar refractivity (Wildman–Crippen MR) is 164 cm³/mol. The number of aryl methyl sites for hydroxylation is 2. The first-order chi connectivity index (χ1) is 20.0. The van der Waals surface area contributed by atoms with Crippen molar-refractivity contribution >= 4 is 38.2 Å². The van der Waals surface area contributed by atoms with Crippen molar-refractivity contribution in [2.75, 3.05) is 18.9 Å². The van der Waals surface area contributed by atoms with Crippen LogP contribution in [0.1, 0.15) is 62.0 Å². The number of thiophene rings is 1. The first kappa shape index (κ1) is 29.8. The molecule has 0 spiro atoms. The molecular weight excluding hydrogens is 571 g/mol. The number of hydrogen-bond donors (Lipinski definition) is 1. The second kappa shape index (κ2) is 11.9. The molecule has 0 atom stereocenters. The van der Waals surface area contributed by atoms with Crippen molar-refractivity contribution in [1.82, 2.24) is 19.0 Å². The number of hydrogen-bond acceptors (Lipinski definition) is 7. The molecule has 3 heterocycles. The van der Waals surface area contributed by atoms with E-state index in [0.29, 0.717) is 29.1 Å². The summed E-state index contributed by atoms with van der Waals surface area (Å²) in [6.07, 6.45) is 0.695. The number of carbonyl (C=O) groups is 2. The van der Waals surface area contributed by atoms with Crippen molar-refractivity contribution in [2.45, 2.75) is 58.1 Å². The molecule has 0 saturated heterocycles. The number of nitrogens with zero attached hydrogens (tertiary/aromatic N) is 4. The van der Waals surface area contributed by atoms with Crippen LogP contribution in [-0.4, -0.2) is 58.9 Å². The zero-order valence-corrected chi connectivity index (χ0v) is 26.1. The van der Waals surface area contributed by atoms with Gasteiger partial charge in [-0.25, -0.2) is 13.1 Å². The third-order valence-corrected chi connectivity index (χ3v) is 10.5. The number of sulfonamides is 1. The van der Waals surface area contributed by atoms with Gasteiger partial charge >= 0.3 is 0 Å². The van der Waals surface area contributed by atoms with Crippen molar-refractivity contribution in [1.29, 1.82) is 0 Å². The third kappa shape index (κ3) is 5.96. The van der Waals surface area contributed by atoms with Crippen LogP contribution >= 0.6 is 11.3 Å². The fraction of sp³-hybridized carbons (Fsp3) is 0.323. The Balaban J connectivity index is 1.41. The lowest BCUT2D eigenvalue weighted by atomic mass is 10.0. The minimum atomic E-state index is -3.81. The minimum absolute atomic E-state index is 0.110. The van der Waals surface area contributed by atoms with E-state index >= 15 is 0 Å². The Bertz CT molecular complexity index is 1720. The first-order valence-corrected chi connectivity index (χ1v) is 16.1. The maximum atomic E-state index is 13.7. The lowest BCUT2D eigenvalue weighted by molar-refractivity contribution is 0.0942. The van der Waals surface area contributed by atoms with Gasteiger partial charge in [0.05, 0.1) is 16.2 Å². The van der Waals surface area contributed by atoms with Crippen LogP contribution in [0.15, 0.2) is 65.6 Å². The zero-order chi connectivity index (χ0) is 30.2. The summed E-state index contributed by atoms with van der Waals surface area (Å²) in [5, 5.41) is 7.80. The largest absolute Gasteiger partial charge is 0.313 e. The van der Waals surface area contributed by atoms with Crippen LogP contribution in [0.5, 0.6) is 0 Å². The van der Waals surface area contributed by atoms with E-state index in [1.807, 2.05) is 71.1 Å². The van der Waals surface area contributed by atoms with E-state index in [0.717, 1.165) is 33.9 Å². The van der Waals surface area contributed by atoms with Crippen LogP contribution in [0, 0.1) is 13.8 Å². The van der Waals surface area contributed by atoms with Gasteiger partial charge in [-0.15, -0.1) is 11.3 Å². The molecule has 2 aromatic heterocycles. The molecule has 1 aliphatic heterocycles. The monoisotopic (exact) mass is 605 g/mol. The molecule has 4 aromatic rings. The molecule has 42 heavy (non-hydrogen) atoms. The highest BCUT2D eigenvalue weighted by molar-refractivity contribution is 7.89. The highest BCUT2D eigenvalue weighted by atomic mass is 32.2. The van der Waals surface area contributed by atoms with Crippen molar-refractivity contribution in [3.8, 4) is 0 Å². The van der Waals surface area contributed by atoms with Crippen molar-refractivity contribution in [2.24, 2.45) is 0 Å². The summed E-state index contributed by atoms with van der Waals surface area (Å²) in [7, 11) is -1.79. The second-order valence-electron chi connectivity index (χ2n) is 10.9. The number of nitrogens with one attached hydrogen (secondary N) is 1. The molecule has 1 aliphatic rings. The standard InChI is InChI=1S/C31H35N5O4S2/c1-20(2)35(18-23-9-7-6-8-10-23)42(39,40)25-13-11-24(12-14-25)29(37)32-30-28(26-15-16-34(5)19-27(26)41-30)31(38)36-22(4)17-21(3)33-36/h6-14,17,20H,15-16,18-19H2,1-5H3,(H,32,37). The third-order valence-electron chi connectivity index (χ3n) is 7.37. The average molecular weight is 606 g/mol. The molecule has 1 N–H and O–H groups in total. The molecule has 0 unspecified atom stereocenters. The van der Waals surface area contributed by atoms with Gasteiger partial charge in [0.15, 0.2) is 0 Å². The molecule has 0 aliphatic carbocycles. The van der Waals surface area contributed by atoms with Crippen LogP contribution in [0.2, 0.25) is 0 Å². The number of carbonyl (C=O) groups excluding carboxylic acids is 2. The van der Waals surface area contributed by atoms with Crippen LogP contribution in [0.25, 0.3) is 0 Å². The molecule has 0 saturated carbocycles. The van der Waals surface area contributed by atoms with E-state index in [4.69, 9.17) is 0 Å². The van der Waals surface area contributed by atoms with E-state index < -0.39 is 15.9 Å². The van der Waals surface area contributed by atoms with E-state index in [-0.39, 0.29) is 23.4 Å². The van der Waals surface area contributed by atoms with E-state index in [1.54, 1.807) is 0 Å². The van der Waals surface area contributed by atoms with Gasteiger partial charge < -0.3 is 10.2 Å². The summed E-state index contributed by atoms with van der Waals surface area (Å²) in [6, 6.07) is 17.0. The Morgan fingerprint density at radius 3 is 2.38 bits per heavy atom. The summed E-state index contributed by atoms with van der Waals surface area (Å²) in [5.41, 5.74) is 4.06. The van der Waals surface area contributed by atoms with Crippen molar-refractivity contribution < 1.29 is 18.0 Å². The fourth-order valence-electron chi connectivity index (χ4n) is 5.18. The number of fused-ring (bicyclic) bond motifs is 1. The molecule has 0 bridgehead atoms. The predicted octanol–water partition coefficient (Wildman–Crippen LogP) is 5.09. The molecular formula is C31H35N5O4S2. The van der Waals surface area contributed by atoms with Crippen LogP contribution in [0.3, 0.4) is 0 Å². The molecule has 1 amide bonds. The van der Waals surface area contributed by atoms with E-state index in [9.17, 15) is 18.0 Å². The van der Waals surface area contributed by atoms with Crippen LogP contribution < -0.4 is 5.32 Å². The molecule has 2 aromatic carbocycles. The van der Waals surface area contributed by atoms with Crippen molar-refractivity contribution in [3.63, 3.8) is 0 Å². The maximum Gasteiger partial charge on any atom is 0.281 e. The number of amides is 1. The van der Waals surface area contributed by atoms with Gasteiger partial charge in [0.1, 0.15) is 5.00 Å². The number of anilines is 1. The normalized spacial score (nSPS) is 13.9. The molecule has 5 rings (SSSR count). The Morgan fingerprint density at radius 2 is 1.76 bits per heavy atom. The topological polar surface area (TPSA) is 105 Å². The van der Waals surface area contributed by atoms with E-state index in [1.165, 1.54) is 44.6 Å². The van der Waals surface area contributed by atoms with Gasteiger partial charge in [0.25, 0.3) is 11.8 Å². The zero-order valence-electron chi connectivity index (χ0n) is 24.4. The molecule has 9 nitrogen and oxygen atoms in total. The second-order valence-corrected chi connectivity index (χ2v) is 13.9. The summed E-state index contributed by atoms with van der Waals surface area (Å²) < 4.78 is 29.9. The number of benzene rings is 2. The molecule has 11 heteroatoms. The minimum Gasteiger partial charge on any atom is -0.313 e. The summed E-state index contributed by atoms with van der Waals surface area (Å²) in [6.45, 7) is 9.09. The van der Waals surface area contributed by atoms with Gasteiger partial charge in [-0.1, -0.05) is 30.3 Å². The first-order valence-electron chi connectivity index (χ1n) is 13.8. The lowest BCUT2D eigenvalue weighted by Gasteiger charge is -2.26. The van der Waals surface area contributed by atoms with E-state index in [2.05, 4.69) is 15.3 Å². The smallest absolute Gasteiger partial charge is 0.281 e. The Labute approximate surface area is 250 Å². The van der Waals surface area contributed by atoms with Crippen molar-refractivity contribution in [3.05, 3.63) is 99.2 Å². The van der Waals surface area contributed by atoms with Gasteiger partial charge in [-0.2, -0.15) is 9.40 Å². The highest BCUT2D eigenvalue weighted by Crippen LogP contribution is 2.38. The maximum absolute atomic E-state index is 13.7. The Morgan fingerprint density at radius 1 is 1.07 bits per heavy atom. The average Bonchev–Trinajstić information content (AvgIpc) is 3.49. The molecule has 0 radical (unpaired) electrons. The SMILES string of the molecule is Cc1cc(C)n(C(=O)c2c(NC(=O)c3ccc(S(=O)(=O)N(Cc4ccccc4)C(C)C)cc3)sc3c2CCN(C)C3)n1. The molecule has 220 valence electrons. The van der Waals surface area contributed by atoms with Gasteiger partial charge in [0.2, 0.25) is 10.0 Å². The Kier molecular flexibility index (Phi) is 8.47. The number of likely N-dealkylation sites (N-methyl/N-ethyl adjacent to an activating group) is 1. The summed E-state index contributed by atoms with van der Waals surface area (Å²) >= 11 is 1.40. The van der Waals surface area contributed by atoms with Crippen LogP contribution in [0.4, 0.5) is 5.00 Å². The Hall–Kier alpha value is -3.64. The molecule has 0 fully saturated rings. The van der Waals surface area contributed by atoms with Gasteiger partial charge in [0, 0.05) is 41.8 Å². The lowest BCUT2D eigenvalue weighted by Crippen LogP contribution is -2.36. The van der Waals surface area contributed by atoms with Gasteiger partial charge in [-0.3, -0.25) is 9.59 Å².